The maximum atomic E-state index is 14.4. The second-order valence-electron chi connectivity index (χ2n) is 10.2. The molecule has 1 atom stereocenters. The summed E-state index contributed by atoms with van der Waals surface area (Å²) >= 11 is 0. The maximum absolute atomic E-state index is 14.4. The number of carbonyl (C=O) groups excluding carboxylic acids is 2. The smallest absolute Gasteiger partial charge is 0.264 e. The highest BCUT2D eigenvalue weighted by Crippen LogP contribution is 2.25. The molecule has 0 aliphatic heterocycles. The molecule has 0 heterocycles. The number of sulfonamides is 1. The lowest BCUT2D eigenvalue weighted by Gasteiger charge is -2.34. The minimum atomic E-state index is -4.28. The number of carbonyl (C=O) groups is 2. The van der Waals surface area contributed by atoms with E-state index in [2.05, 4.69) is 5.32 Å². The van der Waals surface area contributed by atoms with Gasteiger partial charge in [0, 0.05) is 19.5 Å². The van der Waals surface area contributed by atoms with Crippen molar-refractivity contribution >= 4 is 27.5 Å². The Hall–Kier alpha value is -4.50. The van der Waals surface area contributed by atoms with Gasteiger partial charge >= 0.3 is 0 Å². The third kappa shape index (κ3) is 8.08. The van der Waals surface area contributed by atoms with Crippen LogP contribution in [0.5, 0.6) is 0 Å². The SMILES string of the molecule is CCCNC(=O)[C@@H](Cc1ccccc1)N(Cc1ccccc1C)C(=O)CN(c1ccccc1)S(=O)(=O)c1ccc(F)cc1. The molecular formula is C34H36FN3O4S. The largest absolute Gasteiger partial charge is 0.354 e. The standard InChI is InChI=1S/C34H36FN3O4S/c1-3-22-36-34(40)32(23-27-13-6-4-7-14-27)37(24-28-15-11-10-12-26(28)2)33(39)25-38(30-16-8-5-9-17-30)43(41,42)31-20-18-29(35)19-21-31/h4-21,32H,3,22-25H2,1-2H3,(H,36,40)/t32-/m1/s1. The number of amides is 2. The van der Waals surface area contributed by atoms with Gasteiger partial charge < -0.3 is 10.2 Å². The highest BCUT2D eigenvalue weighted by Gasteiger charge is 2.34. The van der Waals surface area contributed by atoms with Crippen LogP contribution in [0.4, 0.5) is 10.1 Å². The number of aryl methyl sites for hydroxylation is 1. The normalized spacial score (nSPS) is 11.9. The zero-order valence-corrected chi connectivity index (χ0v) is 25.1. The molecule has 0 spiro atoms. The number of para-hydroxylation sites is 1. The first-order chi connectivity index (χ1) is 20.7. The first-order valence-corrected chi connectivity index (χ1v) is 15.6. The van der Waals surface area contributed by atoms with E-state index >= 15 is 0 Å². The van der Waals surface area contributed by atoms with Gasteiger partial charge in [0.25, 0.3) is 10.0 Å². The maximum Gasteiger partial charge on any atom is 0.264 e. The van der Waals surface area contributed by atoms with Crippen molar-refractivity contribution in [2.24, 2.45) is 0 Å². The van der Waals surface area contributed by atoms with Gasteiger partial charge in [-0.3, -0.25) is 13.9 Å². The Labute approximate surface area is 253 Å². The second-order valence-corrected chi connectivity index (χ2v) is 12.1. The highest BCUT2D eigenvalue weighted by molar-refractivity contribution is 7.92. The van der Waals surface area contributed by atoms with E-state index in [-0.39, 0.29) is 29.5 Å². The van der Waals surface area contributed by atoms with E-state index in [1.807, 2.05) is 68.4 Å². The predicted molar refractivity (Wildman–Crippen MR) is 166 cm³/mol. The molecule has 9 heteroatoms. The molecule has 4 aromatic carbocycles. The lowest BCUT2D eigenvalue weighted by Crippen LogP contribution is -2.53. The number of anilines is 1. The summed E-state index contributed by atoms with van der Waals surface area (Å²) in [5, 5.41) is 2.93. The van der Waals surface area contributed by atoms with Gasteiger partial charge in [0.2, 0.25) is 11.8 Å². The number of nitrogens with one attached hydrogen (secondary N) is 1. The van der Waals surface area contributed by atoms with Crippen molar-refractivity contribution in [1.82, 2.24) is 10.2 Å². The molecule has 7 nitrogen and oxygen atoms in total. The van der Waals surface area contributed by atoms with Crippen molar-refractivity contribution in [3.63, 3.8) is 0 Å². The summed E-state index contributed by atoms with van der Waals surface area (Å²) in [4.78, 5) is 29.3. The average molecular weight is 602 g/mol. The van der Waals surface area contributed by atoms with Crippen molar-refractivity contribution in [1.29, 1.82) is 0 Å². The van der Waals surface area contributed by atoms with E-state index < -0.39 is 34.3 Å². The summed E-state index contributed by atoms with van der Waals surface area (Å²) in [6.07, 6.45) is 0.956. The van der Waals surface area contributed by atoms with Gasteiger partial charge in [-0.05, 0) is 66.4 Å². The Morgan fingerprint density at radius 2 is 1.44 bits per heavy atom. The molecule has 0 radical (unpaired) electrons. The summed E-state index contributed by atoms with van der Waals surface area (Å²) in [7, 11) is -4.28. The van der Waals surface area contributed by atoms with Crippen molar-refractivity contribution in [2.75, 3.05) is 17.4 Å². The number of rotatable bonds is 13. The second kappa shape index (κ2) is 14.6. The Kier molecular flexibility index (Phi) is 10.7. The van der Waals surface area contributed by atoms with Crippen LogP contribution in [-0.2, 0) is 32.6 Å². The summed E-state index contributed by atoms with van der Waals surface area (Å²) < 4.78 is 42.5. The summed E-state index contributed by atoms with van der Waals surface area (Å²) in [6.45, 7) is 3.84. The number of hydrogen-bond acceptors (Lipinski definition) is 4. The third-order valence-corrected chi connectivity index (χ3v) is 8.94. The van der Waals surface area contributed by atoms with Crippen LogP contribution in [0.15, 0.2) is 114 Å². The molecule has 0 saturated carbocycles. The number of nitrogens with zero attached hydrogens (tertiary/aromatic N) is 2. The first kappa shape index (κ1) is 31.4. The quantitative estimate of drug-likeness (QED) is 0.219. The lowest BCUT2D eigenvalue weighted by atomic mass is 10.0. The van der Waals surface area contributed by atoms with Crippen molar-refractivity contribution in [3.8, 4) is 0 Å². The lowest BCUT2D eigenvalue weighted by molar-refractivity contribution is -0.140. The van der Waals surface area contributed by atoms with Gasteiger partial charge in [-0.25, -0.2) is 12.8 Å². The number of hydrogen-bond donors (Lipinski definition) is 1. The Morgan fingerprint density at radius 3 is 2.07 bits per heavy atom. The molecule has 1 N–H and O–H groups in total. The first-order valence-electron chi connectivity index (χ1n) is 14.2. The number of halogens is 1. The topological polar surface area (TPSA) is 86.8 Å². The van der Waals surface area contributed by atoms with Gasteiger partial charge in [0.05, 0.1) is 10.6 Å². The summed E-state index contributed by atoms with van der Waals surface area (Å²) in [6, 6.07) is 28.8. The van der Waals surface area contributed by atoms with E-state index in [1.165, 1.54) is 17.0 Å². The Balaban J connectivity index is 1.78. The van der Waals surface area contributed by atoms with Gasteiger partial charge in [0.15, 0.2) is 0 Å². The molecule has 0 aliphatic carbocycles. The van der Waals surface area contributed by atoms with Crippen LogP contribution in [0.2, 0.25) is 0 Å². The summed E-state index contributed by atoms with van der Waals surface area (Å²) in [5.74, 6) is -1.45. The molecule has 4 rings (SSSR count). The molecule has 2 amide bonds. The Bertz CT molecular complexity index is 1610. The molecule has 224 valence electrons. The van der Waals surface area contributed by atoms with Crippen LogP contribution >= 0.6 is 0 Å². The van der Waals surface area contributed by atoms with Crippen LogP contribution in [0.1, 0.15) is 30.0 Å². The highest BCUT2D eigenvalue weighted by atomic mass is 32.2. The van der Waals surface area contributed by atoms with Crippen LogP contribution < -0.4 is 9.62 Å². The van der Waals surface area contributed by atoms with E-state index in [0.29, 0.717) is 13.0 Å². The molecular weight excluding hydrogens is 565 g/mol. The Morgan fingerprint density at radius 1 is 0.837 bits per heavy atom. The van der Waals surface area contributed by atoms with Crippen molar-refractivity contribution in [3.05, 3.63) is 132 Å². The van der Waals surface area contributed by atoms with Crippen molar-refractivity contribution < 1.29 is 22.4 Å². The van der Waals surface area contributed by atoms with Gasteiger partial charge in [-0.15, -0.1) is 0 Å². The molecule has 0 fully saturated rings. The van der Waals surface area contributed by atoms with E-state index in [9.17, 15) is 22.4 Å². The molecule has 0 aliphatic rings. The predicted octanol–water partition coefficient (Wildman–Crippen LogP) is 5.50. The fourth-order valence-corrected chi connectivity index (χ4v) is 6.16. The van der Waals surface area contributed by atoms with Crippen LogP contribution in [0.25, 0.3) is 0 Å². The average Bonchev–Trinajstić information content (AvgIpc) is 3.02. The molecule has 0 bridgehead atoms. The minimum absolute atomic E-state index is 0.0990. The third-order valence-electron chi connectivity index (χ3n) is 7.15. The van der Waals surface area contributed by atoms with E-state index in [0.717, 1.165) is 33.1 Å². The van der Waals surface area contributed by atoms with Gasteiger partial charge in [-0.2, -0.15) is 0 Å². The summed E-state index contributed by atoms with van der Waals surface area (Å²) in [5.41, 5.74) is 2.91. The molecule has 0 unspecified atom stereocenters. The zero-order chi connectivity index (χ0) is 30.8. The van der Waals surface area contributed by atoms with Crippen LogP contribution in [0.3, 0.4) is 0 Å². The van der Waals surface area contributed by atoms with Gasteiger partial charge in [-0.1, -0.05) is 79.7 Å². The molecule has 0 saturated heterocycles. The van der Waals surface area contributed by atoms with E-state index in [1.54, 1.807) is 30.3 Å². The van der Waals surface area contributed by atoms with Crippen molar-refractivity contribution in [2.45, 2.75) is 44.2 Å². The fourth-order valence-electron chi connectivity index (χ4n) is 4.75. The fraction of sp³-hybridized carbons (Fsp3) is 0.235. The van der Waals surface area contributed by atoms with E-state index in [4.69, 9.17) is 0 Å². The monoisotopic (exact) mass is 601 g/mol. The number of benzene rings is 4. The molecule has 4 aromatic rings. The van der Waals surface area contributed by atoms with Crippen LogP contribution in [0, 0.1) is 12.7 Å². The molecule has 43 heavy (non-hydrogen) atoms. The zero-order valence-electron chi connectivity index (χ0n) is 24.3. The molecule has 0 aromatic heterocycles. The van der Waals surface area contributed by atoms with Gasteiger partial charge in [0.1, 0.15) is 18.4 Å². The minimum Gasteiger partial charge on any atom is -0.354 e. The van der Waals surface area contributed by atoms with Crippen LogP contribution in [-0.4, -0.2) is 44.3 Å².